The van der Waals surface area contributed by atoms with E-state index < -0.39 is 10.8 Å². The average molecular weight is 370 g/mol. The Kier molecular flexibility index (Phi) is 5.40. The lowest BCUT2D eigenvalue weighted by molar-refractivity contribution is 0.102. The molecule has 3 rings (SSSR count). The summed E-state index contributed by atoms with van der Waals surface area (Å²) in [6.07, 6.45) is 2.61. The Labute approximate surface area is 153 Å². The molecule has 1 heterocycles. The summed E-state index contributed by atoms with van der Waals surface area (Å²) in [4.78, 5) is 17.5. The van der Waals surface area contributed by atoms with E-state index in [9.17, 15) is 9.00 Å². The lowest BCUT2D eigenvalue weighted by Gasteiger charge is -2.03. The van der Waals surface area contributed by atoms with Crippen LogP contribution in [-0.2, 0) is 17.2 Å². The molecule has 0 aliphatic heterocycles. The maximum Gasteiger partial charge on any atom is 0.257 e. The predicted molar refractivity (Wildman–Crippen MR) is 104 cm³/mol. The average Bonchev–Trinajstić information content (AvgIpc) is 3.10. The molecular weight excluding hydrogens is 352 g/mol. The molecule has 0 aliphatic rings. The molecular formula is C19H18N2O2S2. The first-order valence-electron chi connectivity index (χ1n) is 7.86. The Morgan fingerprint density at radius 1 is 1.12 bits per heavy atom. The Bertz CT molecular complexity index is 900. The number of anilines is 1. The van der Waals surface area contributed by atoms with Gasteiger partial charge in [-0.05, 0) is 36.2 Å². The molecule has 0 spiro atoms. The second-order valence-corrected chi connectivity index (χ2v) is 7.76. The van der Waals surface area contributed by atoms with E-state index in [2.05, 4.69) is 29.4 Å². The molecule has 1 atom stereocenters. The number of rotatable bonds is 5. The van der Waals surface area contributed by atoms with Crippen LogP contribution in [0.5, 0.6) is 0 Å². The molecule has 2 aromatic carbocycles. The van der Waals surface area contributed by atoms with Crippen molar-refractivity contribution in [2.75, 3.05) is 11.6 Å². The molecule has 0 bridgehead atoms. The minimum absolute atomic E-state index is 0.226. The predicted octanol–water partition coefficient (Wildman–Crippen LogP) is 4.36. The van der Waals surface area contributed by atoms with E-state index in [1.165, 1.54) is 16.9 Å². The monoisotopic (exact) mass is 370 g/mol. The summed E-state index contributed by atoms with van der Waals surface area (Å²) in [6.45, 7) is 2.12. The first-order chi connectivity index (χ1) is 12.1. The number of thiazole rings is 1. The van der Waals surface area contributed by atoms with Crippen molar-refractivity contribution < 1.29 is 9.00 Å². The summed E-state index contributed by atoms with van der Waals surface area (Å²) in [6, 6.07) is 15.0. The Balaban J connectivity index is 1.71. The molecule has 0 fully saturated rings. The van der Waals surface area contributed by atoms with Crippen LogP contribution >= 0.6 is 11.3 Å². The summed E-state index contributed by atoms with van der Waals surface area (Å²) in [5.41, 5.74) is 3.67. The van der Waals surface area contributed by atoms with Crippen molar-refractivity contribution >= 4 is 33.2 Å². The van der Waals surface area contributed by atoms with Crippen LogP contribution in [0.15, 0.2) is 58.8 Å². The smallest absolute Gasteiger partial charge is 0.257 e. The van der Waals surface area contributed by atoms with Gasteiger partial charge in [0.05, 0.1) is 5.69 Å². The number of carbonyl (C=O) groups is 1. The van der Waals surface area contributed by atoms with Gasteiger partial charge in [-0.25, -0.2) is 4.98 Å². The number of nitrogens with zero attached hydrogens (tertiary/aromatic N) is 1. The quantitative estimate of drug-likeness (QED) is 0.726. The summed E-state index contributed by atoms with van der Waals surface area (Å²) in [7, 11) is -1.05. The van der Waals surface area contributed by atoms with Crippen molar-refractivity contribution in [3.63, 3.8) is 0 Å². The molecule has 1 N–H and O–H groups in total. The van der Waals surface area contributed by atoms with E-state index >= 15 is 0 Å². The number of carbonyl (C=O) groups excluding carboxylic acids is 1. The zero-order valence-electron chi connectivity index (χ0n) is 14.0. The fraction of sp³-hybridized carbons (Fsp3) is 0.158. The Morgan fingerprint density at radius 2 is 1.80 bits per heavy atom. The van der Waals surface area contributed by atoms with Crippen molar-refractivity contribution in [1.29, 1.82) is 0 Å². The van der Waals surface area contributed by atoms with Gasteiger partial charge in [-0.1, -0.05) is 31.2 Å². The number of aryl methyl sites for hydroxylation is 1. The van der Waals surface area contributed by atoms with Gasteiger partial charge in [0.15, 0.2) is 5.13 Å². The van der Waals surface area contributed by atoms with E-state index in [-0.39, 0.29) is 5.91 Å². The minimum atomic E-state index is -1.05. The first kappa shape index (κ1) is 17.5. The van der Waals surface area contributed by atoms with Gasteiger partial charge in [-0.15, -0.1) is 11.3 Å². The van der Waals surface area contributed by atoms with Crippen LogP contribution in [-0.4, -0.2) is 21.4 Å². The summed E-state index contributed by atoms with van der Waals surface area (Å²) < 4.78 is 11.4. The number of benzene rings is 2. The van der Waals surface area contributed by atoms with Crippen molar-refractivity contribution in [3.8, 4) is 11.3 Å². The van der Waals surface area contributed by atoms with Crippen LogP contribution < -0.4 is 5.32 Å². The largest absolute Gasteiger partial charge is 0.298 e. The van der Waals surface area contributed by atoms with Crippen molar-refractivity contribution in [1.82, 2.24) is 4.98 Å². The van der Waals surface area contributed by atoms with Crippen LogP contribution in [0.2, 0.25) is 0 Å². The van der Waals surface area contributed by atoms with Crippen molar-refractivity contribution in [2.24, 2.45) is 0 Å². The lowest BCUT2D eigenvalue weighted by Crippen LogP contribution is -2.11. The highest BCUT2D eigenvalue weighted by Crippen LogP contribution is 2.25. The summed E-state index contributed by atoms with van der Waals surface area (Å²) in [5, 5.41) is 5.30. The molecule has 0 saturated heterocycles. The highest BCUT2D eigenvalue weighted by atomic mass is 32.2. The zero-order valence-corrected chi connectivity index (χ0v) is 15.6. The number of aromatic nitrogens is 1. The topological polar surface area (TPSA) is 59.1 Å². The first-order valence-corrected chi connectivity index (χ1v) is 10.3. The third kappa shape index (κ3) is 4.21. The van der Waals surface area contributed by atoms with Crippen LogP contribution in [0.25, 0.3) is 11.3 Å². The molecule has 0 radical (unpaired) electrons. The maximum absolute atomic E-state index is 12.3. The molecule has 1 aromatic heterocycles. The summed E-state index contributed by atoms with van der Waals surface area (Å²) >= 11 is 1.39. The molecule has 3 aromatic rings. The molecule has 0 saturated carbocycles. The standard InChI is InChI=1S/C19H18N2O2S2/c1-3-13-4-6-14(7-5-13)17-12-24-19(20-17)21-18(22)15-8-10-16(11-9-15)25(2)23/h4-12H,3H2,1-2H3,(H,20,21,22). The molecule has 1 unspecified atom stereocenters. The third-order valence-electron chi connectivity index (χ3n) is 3.83. The van der Waals surface area contributed by atoms with Gasteiger partial charge in [0.2, 0.25) is 0 Å². The van der Waals surface area contributed by atoms with Crippen LogP contribution in [0.3, 0.4) is 0 Å². The van der Waals surface area contributed by atoms with Crippen LogP contribution in [0, 0.1) is 0 Å². The Morgan fingerprint density at radius 3 is 2.40 bits per heavy atom. The van der Waals surface area contributed by atoms with Gasteiger partial charge in [-0.3, -0.25) is 14.3 Å². The van der Waals surface area contributed by atoms with E-state index in [0.717, 1.165) is 17.7 Å². The third-order valence-corrected chi connectivity index (χ3v) is 5.52. The molecule has 1 amide bonds. The second-order valence-electron chi connectivity index (χ2n) is 5.52. The fourth-order valence-corrected chi connectivity index (χ4v) is 3.58. The fourth-order valence-electron chi connectivity index (χ4n) is 2.34. The van der Waals surface area contributed by atoms with E-state index in [0.29, 0.717) is 15.6 Å². The Hall–Kier alpha value is -2.31. The van der Waals surface area contributed by atoms with E-state index in [4.69, 9.17) is 0 Å². The molecule has 6 heteroatoms. The van der Waals surface area contributed by atoms with E-state index in [1.54, 1.807) is 30.5 Å². The lowest BCUT2D eigenvalue weighted by atomic mass is 10.1. The minimum Gasteiger partial charge on any atom is -0.298 e. The number of amides is 1. The number of hydrogen-bond donors (Lipinski definition) is 1. The van der Waals surface area contributed by atoms with Gasteiger partial charge in [-0.2, -0.15) is 0 Å². The summed E-state index contributed by atoms with van der Waals surface area (Å²) in [5.74, 6) is -0.226. The van der Waals surface area contributed by atoms with Crippen molar-refractivity contribution in [3.05, 3.63) is 65.0 Å². The van der Waals surface area contributed by atoms with Crippen LogP contribution in [0.1, 0.15) is 22.8 Å². The normalized spacial score (nSPS) is 11.9. The van der Waals surface area contributed by atoms with Crippen LogP contribution in [0.4, 0.5) is 5.13 Å². The highest BCUT2D eigenvalue weighted by Gasteiger charge is 2.10. The molecule has 0 aliphatic carbocycles. The van der Waals surface area contributed by atoms with Gasteiger partial charge in [0, 0.05) is 38.5 Å². The van der Waals surface area contributed by atoms with Gasteiger partial charge in [0.1, 0.15) is 0 Å². The van der Waals surface area contributed by atoms with Gasteiger partial charge in [0.25, 0.3) is 5.91 Å². The highest BCUT2D eigenvalue weighted by molar-refractivity contribution is 7.84. The molecule has 4 nitrogen and oxygen atoms in total. The number of hydrogen-bond acceptors (Lipinski definition) is 4. The van der Waals surface area contributed by atoms with Gasteiger partial charge < -0.3 is 0 Å². The zero-order chi connectivity index (χ0) is 17.8. The SMILES string of the molecule is CCc1ccc(-c2csc(NC(=O)c3ccc(S(C)=O)cc3)n2)cc1. The second kappa shape index (κ2) is 7.72. The molecule has 128 valence electrons. The molecule has 25 heavy (non-hydrogen) atoms. The number of nitrogens with one attached hydrogen (secondary N) is 1. The maximum atomic E-state index is 12.3. The van der Waals surface area contributed by atoms with Crippen molar-refractivity contribution in [2.45, 2.75) is 18.2 Å². The van der Waals surface area contributed by atoms with E-state index in [1.807, 2.05) is 17.5 Å². The van der Waals surface area contributed by atoms with Gasteiger partial charge >= 0.3 is 0 Å².